The standard InChI is InChI=1S/C71H114O16P2/c1-4-7-10-13-16-19-22-25-28-30-31-32-33-35-38-39-42-45-48-51-54-57-69(74)81-60-66(72)61-83-88(77,78)84-62-67(73)63-85-89(79,80)86-65-68(87-71(76)59-56-53-50-47-44-41-36-27-24-21-18-15-12-9-6-3)64-82-70(75)58-55-52-49-46-43-40-37-34-29-26-23-20-17-14-11-8-5-2/h7-8,10-11,16-21,25-29,31-32,35-38,40,42,45-46,49,66-68,72-73H,4-6,9,12-15,22-24,30,33-34,39,41,43-44,47-48,50-65H2,1-3H3,(H,77,78)(H,79,80)/b10-7-,11-8-,19-16-,20-17-,21-18-,28-25-,29-26-,32-31-,36-27-,38-35-,40-37-,45-42-,49-46-. The molecule has 504 valence electrons. The van der Waals surface area contributed by atoms with Gasteiger partial charge in [-0.25, -0.2) is 9.13 Å². The second-order valence-electron chi connectivity index (χ2n) is 21.1. The molecule has 0 amide bonds. The van der Waals surface area contributed by atoms with Crippen LogP contribution in [-0.2, 0) is 55.8 Å². The van der Waals surface area contributed by atoms with E-state index in [9.17, 15) is 43.5 Å². The van der Waals surface area contributed by atoms with E-state index < -0.39 is 91.5 Å². The summed E-state index contributed by atoms with van der Waals surface area (Å²) in [4.78, 5) is 58.3. The van der Waals surface area contributed by atoms with Crippen molar-refractivity contribution >= 4 is 33.6 Å². The number of phosphoric ester groups is 2. The van der Waals surface area contributed by atoms with Crippen LogP contribution in [0.5, 0.6) is 0 Å². The van der Waals surface area contributed by atoms with Crippen molar-refractivity contribution in [1.29, 1.82) is 0 Å². The molecule has 0 saturated heterocycles. The maximum atomic E-state index is 12.9. The van der Waals surface area contributed by atoms with E-state index in [1.807, 2.05) is 12.2 Å². The van der Waals surface area contributed by atoms with Gasteiger partial charge in [0, 0.05) is 19.3 Å². The summed E-state index contributed by atoms with van der Waals surface area (Å²) in [7, 11) is -9.82. The second kappa shape index (κ2) is 63.3. The summed E-state index contributed by atoms with van der Waals surface area (Å²) in [5.41, 5.74) is 0. The van der Waals surface area contributed by atoms with Crippen LogP contribution in [0.1, 0.15) is 213 Å². The Morgan fingerprint density at radius 1 is 0.326 bits per heavy atom. The predicted molar refractivity (Wildman–Crippen MR) is 362 cm³/mol. The third-order valence-corrected chi connectivity index (χ3v) is 14.6. The lowest BCUT2D eigenvalue weighted by molar-refractivity contribution is -0.161. The van der Waals surface area contributed by atoms with Crippen molar-refractivity contribution < 1.29 is 75.8 Å². The molecule has 0 aliphatic carbocycles. The fourth-order valence-electron chi connectivity index (χ4n) is 7.75. The molecule has 0 radical (unpaired) electrons. The smallest absolute Gasteiger partial charge is 0.463 e. The molecule has 0 bridgehead atoms. The van der Waals surface area contributed by atoms with Gasteiger partial charge in [0.25, 0.3) is 0 Å². The van der Waals surface area contributed by atoms with E-state index in [2.05, 4.69) is 167 Å². The van der Waals surface area contributed by atoms with E-state index in [0.717, 1.165) is 128 Å². The van der Waals surface area contributed by atoms with Crippen molar-refractivity contribution in [2.45, 2.75) is 232 Å². The zero-order valence-electron chi connectivity index (χ0n) is 54.3. The lowest BCUT2D eigenvalue weighted by Gasteiger charge is -2.21. The van der Waals surface area contributed by atoms with Gasteiger partial charge in [0.15, 0.2) is 6.10 Å². The Balaban J connectivity index is 4.78. The minimum atomic E-state index is -4.95. The normalized spacial score (nSPS) is 15.3. The highest BCUT2D eigenvalue weighted by Crippen LogP contribution is 2.45. The van der Waals surface area contributed by atoms with Gasteiger partial charge in [-0.05, 0) is 141 Å². The molecule has 0 aliphatic heterocycles. The summed E-state index contributed by atoms with van der Waals surface area (Å²) in [5, 5.41) is 20.5. The number of aliphatic hydroxyl groups excluding tert-OH is 2. The lowest BCUT2D eigenvalue weighted by Crippen LogP contribution is -2.30. The molecule has 0 aromatic carbocycles. The molecule has 16 nitrogen and oxygen atoms in total. The molecule has 0 spiro atoms. The van der Waals surface area contributed by atoms with E-state index in [4.69, 9.17) is 32.3 Å². The number of hydrogen-bond donors (Lipinski definition) is 4. The van der Waals surface area contributed by atoms with Gasteiger partial charge in [-0.1, -0.05) is 211 Å². The summed E-state index contributed by atoms with van der Waals surface area (Å²) in [6.07, 6.45) is 76.0. The largest absolute Gasteiger partial charge is 0.472 e. The van der Waals surface area contributed by atoms with E-state index in [1.165, 1.54) is 19.3 Å². The SMILES string of the molecule is CC/C=C\C/C=C\C/C=C\C/C=C\C/C=C\C/C=C\CCCCC(=O)OCC(O)COP(=O)(O)OCC(O)COP(=O)(O)OCC(COC(=O)CCC/C=C\C/C=C\C/C=C\C/C=C\C/C=C\CC)OC(=O)CCCCCCC/C=C\C/C=C\CCCCC. The lowest BCUT2D eigenvalue weighted by atomic mass is 10.1. The van der Waals surface area contributed by atoms with Crippen LogP contribution in [0.4, 0.5) is 0 Å². The fraction of sp³-hybridized carbons (Fsp3) is 0.592. The number of ether oxygens (including phenoxy) is 3. The first kappa shape index (κ1) is 84.2. The maximum absolute atomic E-state index is 12.9. The Morgan fingerprint density at radius 2 is 0.607 bits per heavy atom. The van der Waals surface area contributed by atoms with Gasteiger partial charge in [-0.15, -0.1) is 0 Å². The van der Waals surface area contributed by atoms with Crippen LogP contribution in [0.2, 0.25) is 0 Å². The zero-order valence-corrected chi connectivity index (χ0v) is 56.1. The van der Waals surface area contributed by atoms with Crippen LogP contribution in [0.15, 0.2) is 158 Å². The molecule has 0 aliphatic rings. The van der Waals surface area contributed by atoms with Crippen molar-refractivity contribution in [3.05, 3.63) is 158 Å². The van der Waals surface area contributed by atoms with Crippen molar-refractivity contribution in [3.8, 4) is 0 Å². The van der Waals surface area contributed by atoms with Gasteiger partial charge in [0.1, 0.15) is 25.4 Å². The molecule has 18 heteroatoms. The fourth-order valence-corrected chi connectivity index (χ4v) is 9.34. The summed E-state index contributed by atoms with van der Waals surface area (Å²) in [5.74, 6) is -1.72. The average molecular weight is 1290 g/mol. The number of rotatable bonds is 60. The summed E-state index contributed by atoms with van der Waals surface area (Å²) in [6, 6.07) is 0. The van der Waals surface area contributed by atoms with Gasteiger partial charge in [-0.3, -0.25) is 32.5 Å². The molecule has 5 atom stereocenters. The van der Waals surface area contributed by atoms with E-state index in [-0.39, 0.29) is 19.3 Å². The number of phosphoric acid groups is 2. The molecule has 89 heavy (non-hydrogen) atoms. The molecule has 0 saturated carbocycles. The minimum Gasteiger partial charge on any atom is -0.463 e. The molecule has 5 unspecified atom stereocenters. The number of allylic oxidation sites excluding steroid dienone is 26. The second-order valence-corrected chi connectivity index (χ2v) is 24.1. The molecule has 0 aromatic rings. The van der Waals surface area contributed by atoms with Gasteiger partial charge < -0.3 is 34.2 Å². The molecular weight excluding hydrogens is 1170 g/mol. The molecule has 4 N–H and O–H groups in total. The van der Waals surface area contributed by atoms with Gasteiger partial charge >= 0.3 is 33.6 Å². The van der Waals surface area contributed by atoms with Gasteiger partial charge in [0.2, 0.25) is 0 Å². The van der Waals surface area contributed by atoms with E-state index in [0.29, 0.717) is 25.7 Å². The summed E-state index contributed by atoms with van der Waals surface area (Å²) in [6.45, 7) is 2.23. The van der Waals surface area contributed by atoms with Crippen molar-refractivity contribution in [2.24, 2.45) is 0 Å². The van der Waals surface area contributed by atoms with Crippen LogP contribution in [0.25, 0.3) is 0 Å². The van der Waals surface area contributed by atoms with Crippen molar-refractivity contribution in [1.82, 2.24) is 0 Å². The highest BCUT2D eigenvalue weighted by molar-refractivity contribution is 7.47. The van der Waals surface area contributed by atoms with Gasteiger partial charge in [0.05, 0.1) is 26.4 Å². The number of hydrogen-bond acceptors (Lipinski definition) is 14. The van der Waals surface area contributed by atoms with Crippen molar-refractivity contribution in [2.75, 3.05) is 39.6 Å². The third-order valence-electron chi connectivity index (χ3n) is 12.7. The number of esters is 3. The Hall–Kier alpha value is -4.83. The number of unbranched alkanes of at least 4 members (excludes halogenated alkanes) is 11. The van der Waals surface area contributed by atoms with E-state index in [1.54, 1.807) is 0 Å². The summed E-state index contributed by atoms with van der Waals surface area (Å²) < 4.78 is 60.7. The first-order chi connectivity index (χ1) is 43.2. The Labute approximate surface area is 536 Å². The highest BCUT2D eigenvalue weighted by Gasteiger charge is 2.29. The Kier molecular flexibility index (Phi) is 59.9. The average Bonchev–Trinajstić information content (AvgIpc) is 3.63. The minimum absolute atomic E-state index is 0.0693. The molecular formula is C71H114O16P2. The maximum Gasteiger partial charge on any atom is 0.472 e. The molecule has 0 fully saturated rings. The predicted octanol–water partition coefficient (Wildman–Crippen LogP) is 18.0. The number of aliphatic hydroxyl groups is 2. The highest BCUT2D eigenvalue weighted by atomic mass is 31.2. The Morgan fingerprint density at radius 3 is 1.01 bits per heavy atom. The molecule has 0 rings (SSSR count). The number of carbonyl (C=O) groups excluding carboxylic acids is 3. The monoisotopic (exact) mass is 1280 g/mol. The van der Waals surface area contributed by atoms with Crippen LogP contribution in [0.3, 0.4) is 0 Å². The first-order valence-electron chi connectivity index (χ1n) is 32.8. The molecule has 0 aromatic heterocycles. The van der Waals surface area contributed by atoms with Gasteiger partial charge in [-0.2, -0.15) is 0 Å². The van der Waals surface area contributed by atoms with E-state index >= 15 is 0 Å². The Bertz CT molecular complexity index is 2250. The van der Waals surface area contributed by atoms with Crippen LogP contribution in [0, 0.1) is 0 Å². The zero-order chi connectivity index (χ0) is 65.3. The molecule has 0 heterocycles. The topological polar surface area (TPSA) is 231 Å². The number of carbonyl (C=O) groups is 3. The third kappa shape index (κ3) is 64.5. The van der Waals surface area contributed by atoms with Crippen molar-refractivity contribution in [3.63, 3.8) is 0 Å². The van der Waals surface area contributed by atoms with Crippen LogP contribution in [-0.4, -0.2) is 95.9 Å². The first-order valence-corrected chi connectivity index (χ1v) is 35.8. The van der Waals surface area contributed by atoms with Crippen LogP contribution < -0.4 is 0 Å². The van der Waals surface area contributed by atoms with Crippen LogP contribution >= 0.6 is 15.6 Å². The summed E-state index contributed by atoms with van der Waals surface area (Å²) >= 11 is 0. The quantitative estimate of drug-likeness (QED) is 0.0146.